The lowest BCUT2D eigenvalue weighted by Gasteiger charge is -2.20. The first-order valence-corrected chi connectivity index (χ1v) is 8.77. The van der Waals surface area contributed by atoms with Gasteiger partial charge in [-0.25, -0.2) is 9.37 Å². The molecule has 0 saturated heterocycles. The number of carbonyl (C=O) groups is 1. The molecule has 1 aromatic carbocycles. The standard InChI is InChI=1S/C20H17FN6O2/c1-26-9-15-18(16(7-22)27(2)25-15)11-6-17(19(23)24-8-11)29-10-12-5-13(21)3-4-14(12)20(26)28/h3-6,8H,9-10H2,1-2H3,(H2,23,24). The van der Waals surface area contributed by atoms with E-state index in [-0.39, 0.29) is 30.6 Å². The Labute approximate surface area is 165 Å². The highest BCUT2D eigenvalue weighted by molar-refractivity contribution is 5.95. The van der Waals surface area contributed by atoms with E-state index in [1.807, 2.05) is 0 Å². The minimum atomic E-state index is -0.472. The van der Waals surface area contributed by atoms with Gasteiger partial charge in [0.1, 0.15) is 24.2 Å². The summed E-state index contributed by atoms with van der Waals surface area (Å²) in [7, 11) is 3.28. The number of ether oxygens (including phenoxy) is 1. The molecule has 0 unspecified atom stereocenters. The summed E-state index contributed by atoms with van der Waals surface area (Å²) in [5, 5.41) is 14.0. The number of hydrogen-bond acceptors (Lipinski definition) is 6. The lowest BCUT2D eigenvalue weighted by molar-refractivity contribution is 0.0780. The second-order valence-corrected chi connectivity index (χ2v) is 6.76. The normalized spacial score (nSPS) is 13.4. The Kier molecular flexibility index (Phi) is 4.39. The maximum Gasteiger partial charge on any atom is 0.254 e. The predicted octanol–water partition coefficient (Wildman–Crippen LogP) is 2.24. The van der Waals surface area contributed by atoms with Crippen LogP contribution in [0.5, 0.6) is 5.75 Å². The summed E-state index contributed by atoms with van der Waals surface area (Å²) >= 11 is 0. The lowest BCUT2D eigenvalue weighted by atomic mass is 10.0. The average Bonchev–Trinajstić information content (AvgIpc) is 3.01. The van der Waals surface area contributed by atoms with Gasteiger partial charge in [-0.05, 0) is 24.3 Å². The SMILES string of the molecule is CN1Cc2nn(C)c(C#N)c2-c2cnc(N)c(c2)OCc2cc(F)ccc2C1=O. The van der Waals surface area contributed by atoms with Crippen molar-refractivity contribution in [3.05, 3.63) is 58.8 Å². The molecular weight excluding hydrogens is 375 g/mol. The van der Waals surface area contributed by atoms with Crippen LogP contribution in [0.1, 0.15) is 27.3 Å². The zero-order valence-corrected chi connectivity index (χ0v) is 15.8. The van der Waals surface area contributed by atoms with Crippen molar-refractivity contribution in [2.75, 3.05) is 12.8 Å². The molecule has 8 nitrogen and oxygen atoms in total. The highest BCUT2D eigenvalue weighted by atomic mass is 19.1. The van der Waals surface area contributed by atoms with E-state index < -0.39 is 5.82 Å². The molecule has 0 saturated carbocycles. The van der Waals surface area contributed by atoms with Crippen LogP contribution in [0.2, 0.25) is 0 Å². The van der Waals surface area contributed by atoms with Crippen molar-refractivity contribution in [1.82, 2.24) is 19.7 Å². The molecule has 3 heterocycles. The Morgan fingerprint density at radius 1 is 1.31 bits per heavy atom. The predicted molar refractivity (Wildman–Crippen MR) is 102 cm³/mol. The maximum absolute atomic E-state index is 13.8. The Morgan fingerprint density at radius 3 is 2.86 bits per heavy atom. The summed E-state index contributed by atoms with van der Waals surface area (Å²) < 4.78 is 21.0. The van der Waals surface area contributed by atoms with Crippen molar-refractivity contribution in [2.45, 2.75) is 13.2 Å². The number of carbonyl (C=O) groups excluding carboxylic acids is 1. The number of nitrogen functional groups attached to an aromatic ring is 1. The third-order valence-corrected chi connectivity index (χ3v) is 4.81. The molecule has 2 N–H and O–H groups in total. The molecule has 4 rings (SSSR count). The molecule has 146 valence electrons. The first-order valence-electron chi connectivity index (χ1n) is 8.77. The molecule has 2 aromatic heterocycles. The van der Waals surface area contributed by atoms with E-state index in [0.717, 1.165) is 0 Å². The van der Waals surface area contributed by atoms with E-state index in [2.05, 4.69) is 16.2 Å². The van der Waals surface area contributed by atoms with Crippen LogP contribution in [0.4, 0.5) is 10.2 Å². The lowest BCUT2D eigenvalue weighted by Crippen LogP contribution is -2.28. The van der Waals surface area contributed by atoms with Crippen LogP contribution < -0.4 is 10.5 Å². The smallest absolute Gasteiger partial charge is 0.254 e. The fourth-order valence-corrected chi connectivity index (χ4v) is 3.38. The number of aryl methyl sites for hydroxylation is 1. The van der Waals surface area contributed by atoms with Gasteiger partial charge in [-0.15, -0.1) is 0 Å². The van der Waals surface area contributed by atoms with E-state index in [4.69, 9.17) is 10.5 Å². The molecule has 0 fully saturated rings. The molecule has 1 aliphatic heterocycles. The molecule has 0 radical (unpaired) electrons. The fourth-order valence-electron chi connectivity index (χ4n) is 3.38. The highest BCUT2D eigenvalue weighted by Gasteiger charge is 2.24. The van der Waals surface area contributed by atoms with Crippen LogP contribution >= 0.6 is 0 Å². The Bertz CT molecular complexity index is 1180. The van der Waals surface area contributed by atoms with Crippen molar-refractivity contribution in [1.29, 1.82) is 5.26 Å². The van der Waals surface area contributed by atoms with Gasteiger partial charge in [-0.3, -0.25) is 9.48 Å². The number of rotatable bonds is 0. The Balaban J connectivity index is 1.94. The largest absolute Gasteiger partial charge is 0.485 e. The third kappa shape index (κ3) is 3.14. The van der Waals surface area contributed by atoms with Crippen LogP contribution in [0.25, 0.3) is 11.1 Å². The maximum atomic E-state index is 13.8. The summed E-state index contributed by atoms with van der Waals surface area (Å²) in [6.07, 6.45) is 1.53. The average molecular weight is 392 g/mol. The van der Waals surface area contributed by atoms with Crippen molar-refractivity contribution in [3.63, 3.8) is 0 Å². The minimum absolute atomic E-state index is 0.0625. The zero-order valence-electron chi connectivity index (χ0n) is 15.8. The van der Waals surface area contributed by atoms with Crippen LogP contribution in [0.15, 0.2) is 30.5 Å². The summed E-state index contributed by atoms with van der Waals surface area (Å²) in [5.41, 5.74) is 8.66. The number of halogens is 1. The van der Waals surface area contributed by atoms with Gasteiger partial charge in [-0.1, -0.05) is 0 Å². The monoisotopic (exact) mass is 392 g/mol. The van der Waals surface area contributed by atoms with Crippen LogP contribution in [0, 0.1) is 17.1 Å². The van der Waals surface area contributed by atoms with Crippen molar-refractivity contribution in [2.24, 2.45) is 7.05 Å². The molecule has 0 spiro atoms. The van der Waals surface area contributed by atoms with Crippen LogP contribution in [-0.4, -0.2) is 32.6 Å². The van der Waals surface area contributed by atoms with E-state index in [0.29, 0.717) is 33.6 Å². The number of aromatic nitrogens is 3. The second-order valence-electron chi connectivity index (χ2n) is 6.76. The second kappa shape index (κ2) is 6.91. The molecule has 3 aromatic rings. The molecule has 2 bridgehead atoms. The fraction of sp³-hybridized carbons (Fsp3) is 0.200. The molecule has 0 aliphatic carbocycles. The first-order chi connectivity index (χ1) is 13.9. The number of nitrogens with zero attached hydrogens (tertiary/aromatic N) is 5. The molecule has 29 heavy (non-hydrogen) atoms. The van der Waals surface area contributed by atoms with Gasteiger partial charge in [0.15, 0.2) is 11.6 Å². The topological polar surface area (TPSA) is 110 Å². The van der Waals surface area contributed by atoms with Gasteiger partial charge in [0.25, 0.3) is 5.91 Å². The number of pyridine rings is 1. The molecule has 1 aliphatic rings. The number of nitriles is 1. The van der Waals surface area contributed by atoms with Gasteiger partial charge in [-0.2, -0.15) is 10.4 Å². The molecular formula is C20H17FN6O2. The van der Waals surface area contributed by atoms with E-state index in [1.165, 1.54) is 34.0 Å². The zero-order chi connectivity index (χ0) is 20.7. The minimum Gasteiger partial charge on any atom is -0.485 e. The third-order valence-electron chi connectivity index (χ3n) is 4.81. The highest BCUT2D eigenvalue weighted by Crippen LogP contribution is 2.33. The van der Waals surface area contributed by atoms with Crippen molar-refractivity contribution in [3.8, 4) is 22.9 Å². The van der Waals surface area contributed by atoms with Gasteiger partial charge < -0.3 is 15.4 Å². The number of amides is 1. The molecule has 9 heteroatoms. The van der Waals surface area contributed by atoms with Crippen molar-refractivity contribution < 1.29 is 13.9 Å². The number of nitrogens with two attached hydrogens (primary N) is 1. The van der Waals surface area contributed by atoms with Crippen molar-refractivity contribution >= 4 is 11.7 Å². The first kappa shape index (κ1) is 18.4. The molecule has 1 amide bonds. The van der Waals surface area contributed by atoms with E-state index >= 15 is 0 Å². The number of hydrogen-bond donors (Lipinski definition) is 1. The van der Waals surface area contributed by atoms with Gasteiger partial charge >= 0.3 is 0 Å². The Hall–Kier alpha value is -3.93. The van der Waals surface area contributed by atoms with Crippen LogP contribution in [0.3, 0.4) is 0 Å². The van der Waals surface area contributed by atoms with E-state index in [1.54, 1.807) is 20.2 Å². The van der Waals surface area contributed by atoms with E-state index in [9.17, 15) is 14.4 Å². The van der Waals surface area contributed by atoms with Gasteiger partial charge in [0.2, 0.25) is 0 Å². The summed E-state index contributed by atoms with van der Waals surface area (Å²) in [5.74, 6) is -0.358. The van der Waals surface area contributed by atoms with Gasteiger partial charge in [0, 0.05) is 42.5 Å². The number of anilines is 1. The molecule has 0 atom stereocenters. The summed E-state index contributed by atoms with van der Waals surface area (Å²) in [4.78, 5) is 18.7. The number of fused-ring (bicyclic) bond motifs is 5. The number of benzene rings is 1. The summed E-state index contributed by atoms with van der Waals surface area (Å²) in [6.45, 7) is 0.0913. The Morgan fingerprint density at radius 2 is 2.10 bits per heavy atom. The quantitative estimate of drug-likeness (QED) is 0.628. The van der Waals surface area contributed by atoms with Gasteiger partial charge in [0.05, 0.1) is 12.2 Å². The van der Waals surface area contributed by atoms with Crippen LogP contribution in [-0.2, 0) is 20.2 Å². The summed E-state index contributed by atoms with van der Waals surface area (Å²) in [6, 6.07) is 7.74.